The van der Waals surface area contributed by atoms with Crippen molar-refractivity contribution in [3.63, 3.8) is 0 Å². The smallest absolute Gasteiger partial charge is 0.221 e. The van der Waals surface area contributed by atoms with Crippen LogP contribution in [0.2, 0.25) is 5.15 Å². The van der Waals surface area contributed by atoms with Crippen LogP contribution in [-0.4, -0.2) is 15.9 Å². The SMILES string of the molecule is NC(=O)[C@H]1C[C@@H]1c1cc(Cl)ncn1. The first-order valence-corrected chi connectivity index (χ1v) is 4.33. The molecule has 5 heteroatoms. The van der Waals surface area contributed by atoms with Gasteiger partial charge in [0.2, 0.25) is 5.91 Å². The Morgan fingerprint density at radius 2 is 2.38 bits per heavy atom. The molecule has 13 heavy (non-hydrogen) atoms. The Kier molecular flexibility index (Phi) is 1.92. The van der Waals surface area contributed by atoms with Gasteiger partial charge in [-0.2, -0.15) is 0 Å². The third kappa shape index (κ3) is 1.62. The fourth-order valence-corrected chi connectivity index (χ4v) is 1.54. The number of carbonyl (C=O) groups is 1. The number of primary amides is 1. The first-order valence-electron chi connectivity index (χ1n) is 3.95. The maximum Gasteiger partial charge on any atom is 0.221 e. The molecule has 1 aromatic rings. The molecule has 2 N–H and O–H groups in total. The second-order valence-electron chi connectivity index (χ2n) is 3.12. The maximum absolute atomic E-state index is 10.8. The molecule has 1 saturated carbocycles. The lowest BCUT2D eigenvalue weighted by atomic mass is 10.2. The number of aromatic nitrogens is 2. The van der Waals surface area contributed by atoms with Crippen LogP contribution in [0, 0.1) is 5.92 Å². The van der Waals surface area contributed by atoms with E-state index in [9.17, 15) is 4.79 Å². The van der Waals surface area contributed by atoms with E-state index in [4.69, 9.17) is 17.3 Å². The number of hydrogen-bond donors (Lipinski definition) is 1. The van der Waals surface area contributed by atoms with Crippen molar-refractivity contribution < 1.29 is 4.79 Å². The molecule has 1 fully saturated rings. The highest BCUT2D eigenvalue weighted by Crippen LogP contribution is 2.46. The zero-order valence-electron chi connectivity index (χ0n) is 6.77. The monoisotopic (exact) mass is 197 g/mol. The van der Waals surface area contributed by atoms with Gasteiger partial charge in [0.25, 0.3) is 0 Å². The lowest BCUT2D eigenvalue weighted by molar-refractivity contribution is -0.119. The molecule has 68 valence electrons. The third-order valence-electron chi connectivity index (χ3n) is 2.19. The summed E-state index contributed by atoms with van der Waals surface area (Å²) >= 11 is 5.68. The van der Waals surface area contributed by atoms with E-state index in [1.807, 2.05) is 0 Å². The largest absolute Gasteiger partial charge is 0.369 e. The van der Waals surface area contributed by atoms with Gasteiger partial charge in [-0.1, -0.05) is 11.6 Å². The summed E-state index contributed by atoms with van der Waals surface area (Å²) in [5.74, 6) is -0.177. The molecule has 4 nitrogen and oxygen atoms in total. The Hall–Kier alpha value is -1.16. The summed E-state index contributed by atoms with van der Waals surface area (Å²) in [6.07, 6.45) is 2.18. The number of rotatable bonds is 2. The van der Waals surface area contributed by atoms with Gasteiger partial charge in [-0.15, -0.1) is 0 Å². The molecule has 0 aliphatic heterocycles. The zero-order valence-corrected chi connectivity index (χ0v) is 7.53. The average molecular weight is 198 g/mol. The van der Waals surface area contributed by atoms with Crippen LogP contribution in [-0.2, 0) is 4.79 Å². The van der Waals surface area contributed by atoms with E-state index in [1.54, 1.807) is 6.07 Å². The van der Waals surface area contributed by atoms with E-state index in [1.165, 1.54) is 6.33 Å². The van der Waals surface area contributed by atoms with Crippen LogP contribution in [0.4, 0.5) is 0 Å². The summed E-state index contributed by atoms with van der Waals surface area (Å²) in [5, 5.41) is 0.403. The van der Waals surface area contributed by atoms with E-state index in [0.29, 0.717) is 5.15 Å². The fraction of sp³-hybridized carbons (Fsp3) is 0.375. The van der Waals surface area contributed by atoms with Crippen LogP contribution in [0.25, 0.3) is 0 Å². The summed E-state index contributed by atoms with van der Waals surface area (Å²) < 4.78 is 0. The first kappa shape index (κ1) is 8.44. The Bertz CT molecular complexity index is 355. The number of amides is 1. The van der Waals surface area contributed by atoms with Crippen molar-refractivity contribution in [3.8, 4) is 0 Å². The Morgan fingerprint density at radius 1 is 1.62 bits per heavy atom. The van der Waals surface area contributed by atoms with Crippen LogP contribution in [0.3, 0.4) is 0 Å². The van der Waals surface area contributed by atoms with Gasteiger partial charge in [0, 0.05) is 17.5 Å². The number of nitrogens with zero attached hydrogens (tertiary/aromatic N) is 2. The number of halogens is 1. The summed E-state index contributed by atoms with van der Waals surface area (Å²) in [7, 11) is 0. The molecule has 1 aromatic heterocycles. The van der Waals surface area contributed by atoms with Gasteiger partial charge in [-0.25, -0.2) is 9.97 Å². The van der Waals surface area contributed by atoms with E-state index >= 15 is 0 Å². The van der Waals surface area contributed by atoms with Gasteiger partial charge in [-0.05, 0) is 12.5 Å². The Balaban J connectivity index is 2.16. The predicted octanol–water partition coefficient (Wildman–Crippen LogP) is 0.719. The second-order valence-corrected chi connectivity index (χ2v) is 3.50. The summed E-state index contributed by atoms with van der Waals surface area (Å²) in [6.45, 7) is 0. The molecule has 0 bridgehead atoms. The van der Waals surface area contributed by atoms with Gasteiger partial charge in [0.1, 0.15) is 11.5 Å². The highest BCUT2D eigenvalue weighted by molar-refractivity contribution is 6.29. The molecule has 0 spiro atoms. The molecule has 1 aliphatic rings. The van der Waals surface area contributed by atoms with E-state index < -0.39 is 0 Å². The van der Waals surface area contributed by atoms with Crippen molar-refractivity contribution >= 4 is 17.5 Å². The van der Waals surface area contributed by atoms with Gasteiger partial charge < -0.3 is 5.73 Å². The van der Waals surface area contributed by atoms with Crippen LogP contribution < -0.4 is 5.73 Å². The van der Waals surface area contributed by atoms with E-state index in [-0.39, 0.29) is 17.7 Å². The molecule has 1 heterocycles. The first-order chi connectivity index (χ1) is 6.18. The van der Waals surface area contributed by atoms with Gasteiger partial charge >= 0.3 is 0 Å². The van der Waals surface area contributed by atoms with Crippen molar-refractivity contribution in [2.24, 2.45) is 11.7 Å². The molecule has 0 radical (unpaired) electrons. The van der Waals surface area contributed by atoms with E-state index in [2.05, 4.69) is 9.97 Å². The topological polar surface area (TPSA) is 68.9 Å². The normalized spacial score (nSPS) is 25.6. The van der Waals surface area contributed by atoms with Crippen molar-refractivity contribution in [1.29, 1.82) is 0 Å². The molecule has 2 atom stereocenters. The minimum absolute atomic E-state index is 0.0639. The fourth-order valence-electron chi connectivity index (χ4n) is 1.39. The van der Waals surface area contributed by atoms with Crippen molar-refractivity contribution in [1.82, 2.24) is 9.97 Å². The van der Waals surface area contributed by atoms with E-state index in [0.717, 1.165) is 12.1 Å². The highest BCUT2D eigenvalue weighted by atomic mass is 35.5. The molecule has 1 amide bonds. The van der Waals surface area contributed by atoms with Crippen LogP contribution >= 0.6 is 11.6 Å². The van der Waals surface area contributed by atoms with Gasteiger partial charge in [0.05, 0.1) is 0 Å². The molecular formula is C8H8ClN3O. The maximum atomic E-state index is 10.8. The molecule has 1 aliphatic carbocycles. The molecular weight excluding hydrogens is 190 g/mol. The lowest BCUT2D eigenvalue weighted by Gasteiger charge is -1.96. The molecule has 0 saturated heterocycles. The molecule has 0 unspecified atom stereocenters. The molecule has 2 rings (SSSR count). The molecule has 0 aromatic carbocycles. The number of nitrogens with two attached hydrogens (primary N) is 1. The van der Waals surface area contributed by atoms with Crippen molar-refractivity contribution in [2.75, 3.05) is 0 Å². The summed E-state index contributed by atoms with van der Waals surface area (Å²) in [4.78, 5) is 18.6. The predicted molar refractivity (Wildman–Crippen MR) is 47.1 cm³/mol. The minimum atomic E-state index is -0.264. The standard InChI is InChI=1S/C8H8ClN3O/c9-7-2-6(11-3-12-7)4-1-5(4)8(10)13/h2-5H,1H2,(H2,10,13)/t4-,5-/m0/s1. The lowest BCUT2D eigenvalue weighted by Crippen LogP contribution is -2.13. The van der Waals surface area contributed by atoms with Gasteiger partial charge in [0.15, 0.2) is 0 Å². The number of hydrogen-bond acceptors (Lipinski definition) is 3. The zero-order chi connectivity index (χ0) is 9.42. The van der Waals surface area contributed by atoms with Crippen molar-refractivity contribution in [2.45, 2.75) is 12.3 Å². The summed E-state index contributed by atoms with van der Waals surface area (Å²) in [5.41, 5.74) is 5.96. The van der Waals surface area contributed by atoms with Crippen molar-refractivity contribution in [3.05, 3.63) is 23.2 Å². The highest BCUT2D eigenvalue weighted by Gasteiger charge is 2.43. The minimum Gasteiger partial charge on any atom is -0.369 e. The van der Waals surface area contributed by atoms with Gasteiger partial charge in [-0.3, -0.25) is 4.79 Å². The van der Waals surface area contributed by atoms with Crippen LogP contribution in [0.5, 0.6) is 0 Å². The average Bonchev–Trinajstić information content (AvgIpc) is 2.82. The summed E-state index contributed by atoms with van der Waals surface area (Å²) in [6, 6.07) is 1.68. The van der Waals surface area contributed by atoms with Crippen LogP contribution in [0.15, 0.2) is 12.4 Å². The third-order valence-corrected chi connectivity index (χ3v) is 2.40. The Labute approximate surface area is 80.1 Å². The number of carbonyl (C=O) groups excluding carboxylic acids is 1. The quantitative estimate of drug-likeness (QED) is 0.711. The second kappa shape index (κ2) is 2.96. The Morgan fingerprint density at radius 3 is 2.92 bits per heavy atom. The van der Waals surface area contributed by atoms with Crippen LogP contribution in [0.1, 0.15) is 18.0 Å².